The summed E-state index contributed by atoms with van der Waals surface area (Å²) < 4.78 is 1.84. The fraction of sp³-hybridized carbons (Fsp3) is 0.286. The number of fused-ring (bicyclic) bond motifs is 1. The highest BCUT2D eigenvalue weighted by molar-refractivity contribution is 5.83. The van der Waals surface area contributed by atoms with Gasteiger partial charge in [-0.3, -0.25) is 0 Å². The lowest BCUT2D eigenvalue weighted by Crippen LogP contribution is -2.05. The van der Waals surface area contributed by atoms with Crippen molar-refractivity contribution in [2.45, 2.75) is 26.5 Å². The molecule has 0 unspecified atom stereocenters. The average molecular weight is 256 g/mol. The number of aliphatic hydroxyl groups is 1. The number of aromatic nitrogens is 4. The first-order valence-electron chi connectivity index (χ1n) is 6.40. The summed E-state index contributed by atoms with van der Waals surface area (Å²) in [5.41, 5.74) is 3.96. The van der Waals surface area contributed by atoms with E-state index in [1.165, 1.54) is 10.9 Å². The van der Waals surface area contributed by atoms with Gasteiger partial charge in [-0.1, -0.05) is 23.4 Å². The Bertz CT molecular complexity index is 677. The highest BCUT2D eigenvalue weighted by Gasteiger charge is 2.13. The number of nitrogens with one attached hydrogen (secondary N) is 1. The van der Waals surface area contributed by atoms with Crippen LogP contribution in [-0.2, 0) is 19.6 Å². The number of aryl methyl sites for hydroxylation is 1. The Balaban J connectivity index is 2.03. The Morgan fingerprint density at radius 1 is 1.32 bits per heavy atom. The van der Waals surface area contributed by atoms with Crippen molar-refractivity contribution >= 4 is 10.9 Å². The number of nitrogens with zero attached hydrogens (tertiary/aromatic N) is 3. The lowest BCUT2D eigenvalue weighted by atomic mass is 10.1. The maximum atomic E-state index is 9.35. The van der Waals surface area contributed by atoms with E-state index in [9.17, 15) is 5.11 Å². The Morgan fingerprint density at radius 3 is 2.95 bits per heavy atom. The van der Waals surface area contributed by atoms with Crippen LogP contribution in [0.4, 0.5) is 0 Å². The molecule has 3 rings (SSSR count). The first-order chi connectivity index (χ1) is 9.33. The highest BCUT2D eigenvalue weighted by atomic mass is 16.3. The van der Waals surface area contributed by atoms with Crippen molar-refractivity contribution in [1.29, 1.82) is 0 Å². The molecular formula is C14H16N4O. The van der Waals surface area contributed by atoms with Crippen LogP contribution in [0.2, 0.25) is 0 Å². The second-order valence-corrected chi connectivity index (χ2v) is 4.49. The summed E-state index contributed by atoms with van der Waals surface area (Å²) in [7, 11) is 0. The van der Waals surface area contributed by atoms with Gasteiger partial charge in [-0.25, -0.2) is 4.68 Å². The Labute approximate surface area is 110 Å². The standard InChI is InChI=1S/C14H16N4O/c1-2-18-14(13(9-19)16-17-18)7-10-8-15-12-6-4-3-5-11(10)12/h3-6,8,15,19H,2,7,9H2,1H3. The van der Waals surface area contributed by atoms with E-state index < -0.39 is 0 Å². The molecule has 0 saturated carbocycles. The quantitative estimate of drug-likeness (QED) is 0.748. The van der Waals surface area contributed by atoms with Gasteiger partial charge in [0.15, 0.2) is 0 Å². The molecule has 0 aliphatic heterocycles. The molecule has 2 heterocycles. The molecule has 0 spiro atoms. The summed E-state index contributed by atoms with van der Waals surface area (Å²) in [5, 5.41) is 18.6. The molecule has 5 heteroatoms. The van der Waals surface area contributed by atoms with Gasteiger partial charge in [0.2, 0.25) is 0 Å². The predicted molar refractivity (Wildman–Crippen MR) is 72.7 cm³/mol. The molecule has 0 amide bonds. The first-order valence-corrected chi connectivity index (χ1v) is 6.40. The van der Waals surface area contributed by atoms with Gasteiger partial charge in [0.1, 0.15) is 5.69 Å². The first kappa shape index (κ1) is 11.9. The summed E-state index contributed by atoms with van der Waals surface area (Å²) in [4.78, 5) is 3.26. The van der Waals surface area contributed by atoms with Gasteiger partial charge >= 0.3 is 0 Å². The highest BCUT2D eigenvalue weighted by Crippen LogP contribution is 2.21. The summed E-state index contributed by atoms with van der Waals surface area (Å²) in [5.74, 6) is 0. The van der Waals surface area contributed by atoms with Crippen molar-refractivity contribution in [3.8, 4) is 0 Å². The van der Waals surface area contributed by atoms with Crippen LogP contribution < -0.4 is 0 Å². The van der Waals surface area contributed by atoms with E-state index in [-0.39, 0.29) is 6.61 Å². The summed E-state index contributed by atoms with van der Waals surface area (Å²) in [6.45, 7) is 2.71. The number of benzene rings is 1. The van der Waals surface area contributed by atoms with Crippen LogP contribution in [0.25, 0.3) is 10.9 Å². The van der Waals surface area contributed by atoms with Gasteiger partial charge < -0.3 is 10.1 Å². The molecule has 2 aromatic heterocycles. The zero-order valence-electron chi connectivity index (χ0n) is 10.8. The van der Waals surface area contributed by atoms with E-state index in [2.05, 4.69) is 27.4 Å². The maximum Gasteiger partial charge on any atom is 0.112 e. The molecule has 0 aliphatic rings. The fourth-order valence-electron chi connectivity index (χ4n) is 2.40. The lowest BCUT2D eigenvalue weighted by molar-refractivity contribution is 0.275. The number of hydrogen-bond acceptors (Lipinski definition) is 3. The van der Waals surface area contributed by atoms with Crippen LogP contribution in [0, 0.1) is 0 Å². The summed E-state index contributed by atoms with van der Waals surface area (Å²) in [6, 6.07) is 8.20. The Kier molecular flexibility index (Phi) is 3.05. The van der Waals surface area contributed by atoms with Crippen LogP contribution in [0.15, 0.2) is 30.5 Å². The molecule has 19 heavy (non-hydrogen) atoms. The van der Waals surface area contributed by atoms with Gasteiger partial charge in [0.05, 0.1) is 12.3 Å². The normalized spacial score (nSPS) is 11.3. The molecule has 0 saturated heterocycles. The molecular weight excluding hydrogens is 240 g/mol. The zero-order valence-corrected chi connectivity index (χ0v) is 10.8. The molecule has 0 aliphatic carbocycles. The Hall–Kier alpha value is -2.14. The smallest absolute Gasteiger partial charge is 0.112 e. The minimum Gasteiger partial charge on any atom is -0.390 e. The van der Waals surface area contributed by atoms with Crippen LogP contribution in [0.1, 0.15) is 23.9 Å². The largest absolute Gasteiger partial charge is 0.390 e. The van der Waals surface area contributed by atoms with E-state index in [4.69, 9.17) is 0 Å². The van der Waals surface area contributed by atoms with Gasteiger partial charge in [-0.15, -0.1) is 5.10 Å². The maximum absolute atomic E-state index is 9.35. The van der Waals surface area contributed by atoms with Gasteiger partial charge in [-0.2, -0.15) is 0 Å². The second kappa shape index (κ2) is 4.85. The number of hydrogen-bond donors (Lipinski definition) is 2. The van der Waals surface area contributed by atoms with Crippen LogP contribution >= 0.6 is 0 Å². The SMILES string of the molecule is CCn1nnc(CO)c1Cc1c[nH]c2ccccc12. The van der Waals surface area contributed by atoms with E-state index in [0.717, 1.165) is 24.2 Å². The molecule has 0 radical (unpaired) electrons. The fourth-order valence-corrected chi connectivity index (χ4v) is 2.40. The molecule has 3 aromatic rings. The zero-order chi connectivity index (χ0) is 13.2. The van der Waals surface area contributed by atoms with Crippen LogP contribution in [-0.4, -0.2) is 25.1 Å². The number of para-hydroxylation sites is 1. The minimum atomic E-state index is -0.0717. The molecule has 98 valence electrons. The summed E-state index contributed by atoms with van der Waals surface area (Å²) in [6.07, 6.45) is 2.74. The topological polar surface area (TPSA) is 66.7 Å². The van der Waals surface area contributed by atoms with Gasteiger partial charge in [-0.05, 0) is 18.6 Å². The van der Waals surface area contributed by atoms with Gasteiger partial charge in [0.25, 0.3) is 0 Å². The molecule has 0 atom stereocenters. The second-order valence-electron chi connectivity index (χ2n) is 4.49. The molecule has 2 N–H and O–H groups in total. The van der Waals surface area contributed by atoms with Crippen molar-refractivity contribution in [1.82, 2.24) is 20.0 Å². The van der Waals surface area contributed by atoms with E-state index in [1.54, 1.807) is 0 Å². The minimum absolute atomic E-state index is 0.0717. The van der Waals surface area contributed by atoms with Crippen molar-refractivity contribution in [2.24, 2.45) is 0 Å². The number of aromatic amines is 1. The molecule has 0 bridgehead atoms. The molecule has 5 nitrogen and oxygen atoms in total. The third-order valence-electron chi connectivity index (χ3n) is 3.40. The Morgan fingerprint density at radius 2 is 2.16 bits per heavy atom. The number of aliphatic hydroxyl groups excluding tert-OH is 1. The van der Waals surface area contributed by atoms with E-state index in [0.29, 0.717) is 5.69 Å². The molecule has 0 fully saturated rings. The van der Waals surface area contributed by atoms with Crippen molar-refractivity contribution < 1.29 is 5.11 Å². The third-order valence-corrected chi connectivity index (χ3v) is 3.40. The monoisotopic (exact) mass is 256 g/mol. The lowest BCUT2D eigenvalue weighted by Gasteiger charge is -2.04. The van der Waals surface area contributed by atoms with Crippen molar-refractivity contribution in [3.63, 3.8) is 0 Å². The van der Waals surface area contributed by atoms with Crippen LogP contribution in [0.5, 0.6) is 0 Å². The number of H-pyrrole nitrogens is 1. The van der Waals surface area contributed by atoms with Gasteiger partial charge in [0, 0.05) is 30.1 Å². The van der Waals surface area contributed by atoms with Crippen molar-refractivity contribution in [3.05, 3.63) is 47.4 Å². The summed E-state index contributed by atoms with van der Waals surface area (Å²) >= 11 is 0. The number of rotatable bonds is 4. The predicted octanol–water partition coefficient (Wildman–Crippen LogP) is 1.86. The van der Waals surface area contributed by atoms with E-state index in [1.807, 2.05) is 29.9 Å². The van der Waals surface area contributed by atoms with E-state index >= 15 is 0 Å². The van der Waals surface area contributed by atoms with Crippen molar-refractivity contribution in [2.75, 3.05) is 0 Å². The molecule has 1 aromatic carbocycles. The average Bonchev–Trinajstić information content (AvgIpc) is 3.03. The van der Waals surface area contributed by atoms with Crippen LogP contribution in [0.3, 0.4) is 0 Å². The third kappa shape index (κ3) is 2.02.